The third-order valence-electron chi connectivity index (χ3n) is 5.82. The van der Waals surface area contributed by atoms with Gasteiger partial charge in [-0.25, -0.2) is 0 Å². The highest BCUT2D eigenvalue weighted by Gasteiger charge is 2.31. The Bertz CT molecular complexity index is 484. The molecule has 0 aromatic heterocycles. The lowest BCUT2D eigenvalue weighted by Crippen LogP contribution is -2.62. The fourth-order valence-electron chi connectivity index (χ4n) is 4.36. The van der Waals surface area contributed by atoms with Crippen molar-refractivity contribution in [3.8, 4) is 0 Å². The second-order valence-electron chi connectivity index (χ2n) is 7.51. The zero-order valence-corrected chi connectivity index (χ0v) is 19.4. The summed E-state index contributed by atoms with van der Waals surface area (Å²) in [6.45, 7) is 11.9. The Hall–Kier alpha value is 0.0700. The maximum Gasteiger partial charge on any atom is 0.191 e. The minimum absolute atomic E-state index is 0. The molecule has 1 aliphatic carbocycles. The van der Waals surface area contributed by atoms with Crippen LogP contribution in [0.15, 0.2) is 4.99 Å². The first-order valence-electron chi connectivity index (χ1n) is 10.1. The summed E-state index contributed by atoms with van der Waals surface area (Å²) in [5.41, 5.74) is 0. The van der Waals surface area contributed by atoms with E-state index < -0.39 is 10.8 Å². The van der Waals surface area contributed by atoms with E-state index in [1.165, 1.54) is 32.6 Å². The predicted octanol–water partition coefficient (Wildman–Crippen LogP) is 1.24. The summed E-state index contributed by atoms with van der Waals surface area (Å²) in [4.78, 5) is 10.0. The number of nitrogens with one attached hydrogen (secondary N) is 2. The van der Waals surface area contributed by atoms with Crippen molar-refractivity contribution >= 4 is 40.7 Å². The summed E-state index contributed by atoms with van der Waals surface area (Å²) < 4.78 is 12.2. The van der Waals surface area contributed by atoms with E-state index in [-0.39, 0.29) is 24.0 Å². The Balaban J connectivity index is 0.00000243. The SMILES string of the molecule is CCNC(=NCC1CN2CCN1CC2)NC1CCCC(S(=O)CC)C1.I. The number of nitrogens with zero attached hydrogens (tertiary/aromatic N) is 3. The molecule has 3 heterocycles. The quantitative estimate of drug-likeness (QED) is 0.329. The lowest BCUT2D eigenvalue weighted by molar-refractivity contribution is 0.0174. The van der Waals surface area contributed by atoms with Crippen molar-refractivity contribution in [3.05, 3.63) is 0 Å². The van der Waals surface area contributed by atoms with Gasteiger partial charge in [-0.2, -0.15) is 0 Å². The van der Waals surface area contributed by atoms with Crippen LogP contribution in [-0.4, -0.2) is 88.9 Å². The second kappa shape index (κ2) is 11.2. The van der Waals surface area contributed by atoms with E-state index in [9.17, 15) is 4.21 Å². The summed E-state index contributed by atoms with van der Waals surface area (Å²) in [6, 6.07) is 0.962. The molecule has 0 radical (unpaired) electrons. The molecular formula is C18H36IN5OS. The molecule has 4 aliphatic rings. The van der Waals surface area contributed by atoms with E-state index in [0.717, 1.165) is 50.6 Å². The zero-order valence-electron chi connectivity index (χ0n) is 16.3. The van der Waals surface area contributed by atoms with E-state index in [2.05, 4.69) is 27.4 Å². The lowest BCUT2D eigenvalue weighted by atomic mass is 9.95. The van der Waals surface area contributed by atoms with Crippen molar-refractivity contribution in [2.24, 2.45) is 4.99 Å². The number of halogens is 1. The summed E-state index contributed by atoms with van der Waals surface area (Å²) in [7, 11) is -0.674. The molecule has 2 N–H and O–H groups in total. The third-order valence-corrected chi connectivity index (χ3v) is 7.56. The molecule has 0 aromatic rings. The van der Waals surface area contributed by atoms with Crippen molar-refractivity contribution in [1.82, 2.24) is 20.4 Å². The standard InChI is InChI=1S/C18H35N5OS.HI/c1-3-19-18(20-13-16-14-22-8-10-23(16)11-9-22)21-15-6-5-7-17(12-15)25(24)4-2;/h15-17H,3-14H2,1-2H3,(H2,19,20,21);1H. The first kappa shape index (κ1) is 22.4. The summed E-state index contributed by atoms with van der Waals surface area (Å²) in [6.07, 6.45) is 4.44. The molecule has 1 saturated carbocycles. The van der Waals surface area contributed by atoms with Crippen LogP contribution in [0.5, 0.6) is 0 Å². The second-order valence-corrected chi connectivity index (χ2v) is 9.51. The van der Waals surface area contributed by atoms with Crippen molar-refractivity contribution in [2.75, 3.05) is 51.6 Å². The van der Waals surface area contributed by atoms with Crippen LogP contribution in [0.25, 0.3) is 0 Å². The van der Waals surface area contributed by atoms with Crippen molar-refractivity contribution in [2.45, 2.75) is 56.9 Å². The highest BCUT2D eigenvalue weighted by molar-refractivity contribution is 14.0. The molecular weight excluding hydrogens is 461 g/mol. The van der Waals surface area contributed by atoms with Gasteiger partial charge in [0.15, 0.2) is 5.96 Å². The number of hydrogen-bond acceptors (Lipinski definition) is 4. The Morgan fingerprint density at radius 2 is 1.96 bits per heavy atom. The van der Waals surface area contributed by atoms with Gasteiger partial charge in [-0.15, -0.1) is 24.0 Å². The van der Waals surface area contributed by atoms with Gasteiger partial charge in [0, 0.05) is 73.2 Å². The molecule has 0 amide bonds. The van der Waals surface area contributed by atoms with Crippen LogP contribution >= 0.6 is 24.0 Å². The van der Waals surface area contributed by atoms with Gasteiger partial charge < -0.3 is 10.6 Å². The Kier molecular flexibility index (Phi) is 9.60. The minimum Gasteiger partial charge on any atom is -0.357 e. The van der Waals surface area contributed by atoms with Crippen LogP contribution in [0.3, 0.4) is 0 Å². The van der Waals surface area contributed by atoms with Crippen LogP contribution in [0, 0.1) is 0 Å². The number of aliphatic imine (C=N–C) groups is 1. The zero-order chi connectivity index (χ0) is 17.6. The smallest absolute Gasteiger partial charge is 0.191 e. The predicted molar refractivity (Wildman–Crippen MR) is 121 cm³/mol. The van der Waals surface area contributed by atoms with Crippen molar-refractivity contribution in [3.63, 3.8) is 0 Å². The maximum absolute atomic E-state index is 12.2. The highest BCUT2D eigenvalue weighted by atomic mass is 127. The number of rotatable bonds is 6. The van der Waals surface area contributed by atoms with E-state index in [1.807, 2.05) is 6.92 Å². The van der Waals surface area contributed by atoms with E-state index in [4.69, 9.17) is 4.99 Å². The topological polar surface area (TPSA) is 60.0 Å². The molecule has 0 spiro atoms. The minimum atomic E-state index is -0.674. The number of piperazine rings is 3. The number of guanidine groups is 1. The first-order chi connectivity index (χ1) is 12.2. The molecule has 3 aliphatic heterocycles. The lowest BCUT2D eigenvalue weighted by Gasteiger charge is -2.47. The van der Waals surface area contributed by atoms with Gasteiger partial charge >= 0.3 is 0 Å². The maximum atomic E-state index is 12.2. The molecule has 26 heavy (non-hydrogen) atoms. The monoisotopic (exact) mass is 497 g/mol. The fraction of sp³-hybridized carbons (Fsp3) is 0.944. The molecule has 8 heteroatoms. The van der Waals surface area contributed by atoms with Gasteiger partial charge in [-0.1, -0.05) is 13.3 Å². The molecule has 6 nitrogen and oxygen atoms in total. The van der Waals surface area contributed by atoms with Crippen molar-refractivity contribution < 1.29 is 4.21 Å². The molecule has 4 fully saturated rings. The summed E-state index contributed by atoms with van der Waals surface area (Å²) in [5.74, 6) is 1.72. The normalized spacial score (nSPS) is 35.5. The fourth-order valence-corrected chi connectivity index (χ4v) is 5.71. The summed E-state index contributed by atoms with van der Waals surface area (Å²) >= 11 is 0. The molecule has 4 rings (SSSR count). The third kappa shape index (κ3) is 6.04. The van der Waals surface area contributed by atoms with E-state index in [1.54, 1.807) is 0 Å². The van der Waals surface area contributed by atoms with E-state index >= 15 is 0 Å². The largest absolute Gasteiger partial charge is 0.357 e. The Morgan fingerprint density at radius 1 is 1.19 bits per heavy atom. The van der Waals surface area contributed by atoms with Gasteiger partial charge in [-0.3, -0.25) is 19.0 Å². The first-order valence-corrected chi connectivity index (χ1v) is 11.5. The van der Waals surface area contributed by atoms with Crippen LogP contribution in [0.2, 0.25) is 0 Å². The molecule has 0 aromatic carbocycles. The van der Waals surface area contributed by atoms with E-state index in [0.29, 0.717) is 17.3 Å². The number of fused-ring (bicyclic) bond motifs is 3. The van der Waals surface area contributed by atoms with Crippen LogP contribution in [0.4, 0.5) is 0 Å². The number of hydrogen-bond donors (Lipinski definition) is 2. The molecule has 2 bridgehead atoms. The van der Waals surface area contributed by atoms with Gasteiger partial charge in [0.25, 0.3) is 0 Å². The van der Waals surface area contributed by atoms with Gasteiger partial charge in [0.05, 0.1) is 6.54 Å². The van der Waals surface area contributed by atoms with Crippen LogP contribution in [-0.2, 0) is 10.8 Å². The molecule has 4 atom stereocenters. The van der Waals surface area contributed by atoms with Gasteiger partial charge in [-0.05, 0) is 26.2 Å². The van der Waals surface area contributed by atoms with Crippen LogP contribution < -0.4 is 10.6 Å². The van der Waals surface area contributed by atoms with Crippen molar-refractivity contribution in [1.29, 1.82) is 0 Å². The average molecular weight is 497 g/mol. The molecule has 3 saturated heterocycles. The molecule has 4 unspecified atom stereocenters. The average Bonchev–Trinajstić information content (AvgIpc) is 2.67. The Morgan fingerprint density at radius 3 is 2.58 bits per heavy atom. The summed E-state index contributed by atoms with van der Waals surface area (Å²) in [5, 5.41) is 7.38. The van der Waals surface area contributed by atoms with Gasteiger partial charge in [0.1, 0.15) is 0 Å². The van der Waals surface area contributed by atoms with Crippen LogP contribution in [0.1, 0.15) is 39.5 Å². The Labute approximate surface area is 178 Å². The van der Waals surface area contributed by atoms with Gasteiger partial charge in [0.2, 0.25) is 0 Å². The highest BCUT2D eigenvalue weighted by Crippen LogP contribution is 2.23. The molecule has 152 valence electrons.